The van der Waals surface area contributed by atoms with Crippen LogP contribution in [0.1, 0.15) is 41.6 Å². The van der Waals surface area contributed by atoms with Gasteiger partial charge in [-0.05, 0) is 43.6 Å². The number of carbonyl (C=O) groups excluding carboxylic acids is 1. The Kier molecular flexibility index (Phi) is 7.18. The number of hydrogen-bond donors (Lipinski definition) is 1. The largest absolute Gasteiger partial charge is 0.495 e. The van der Waals surface area contributed by atoms with E-state index in [0.29, 0.717) is 27.8 Å². The van der Waals surface area contributed by atoms with Crippen molar-refractivity contribution in [2.45, 2.75) is 32.2 Å². The van der Waals surface area contributed by atoms with Crippen LogP contribution in [-0.2, 0) is 6.54 Å². The number of rotatable bonds is 6. The zero-order valence-electron chi connectivity index (χ0n) is 16.5. The summed E-state index contributed by atoms with van der Waals surface area (Å²) in [7, 11) is 3.06. The van der Waals surface area contributed by atoms with Gasteiger partial charge in [0, 0.05) is 24.2 Å². The van der Waals surface area contributed by atoms with Crippen molar-refractivity contribution in [3.8, 4) is 11.5 Å². The molecular weight excluding hydrogens is 376 g/mol. The van der Waals surface area contributed by atoms with Gasteiger partial charge in [0.25, 0.3) is 5.91 Å². The number of amides is 1. The quantitative estimate of drug-likeness (QED) is 0.739. The van der Waals surface area contributed by atoms with Crippen LogP contribution < -0.4 is 14.8 Å². The summed E-state index contributed by atoms with van der Waals surface area (Å²) in [6.45, 7) is 3.24. The van der Waals surface area contributed by atoms with Gasteiger partial charge in [0.2, 0.25) is 0 Å². The third kappa shape index (κ3) is 5.18. The van der Waals surface area contributed by atoms with Crippen LogP contribution in [0.15, 0.2) is 36.4 Å². The number of likely N-dealkylation sites (tertiary alicyclic amines) is 1. The van der Waals surface area contributed by atoms with Gasteiger partial charge in [0.1, 0.15) is 11.5 Å². The molecule has 0 spiro atoms. The summed E-state index contributed by atoms with van der Waals surface area (Å²) in [6, 6.07) is 11.1. The first kappa shape index (κ1) is 20.5. The fourth-order valence-corrected chi connectivity index (χ4v) is 3.70. The van der Waals surface area contributed by atoms with Gasteiger partial charge in [-0.2, -0.15) is 0 Å². The van der Waals surface area contributed by atoms with Crippen molar-refractivity contribution in [1.82, 2.24) is 4.90 Å². The maximum Gasteiger partial charge on any atom is 0.255 e. The lowest BCUT2D eigenvalue weighted by molar-refractivity contribution is 0.102. The second kappa shape index (κ2) is 9.80. The van der Waals surface area contributed by atoms with Gasteiger partial charge < -0.3 is 14.8 Å². The fraction of sp³-hybridized carbons (Fsp3) is 0.409. The van der Waals surface area contributed by atoms with Crippen molar-refractivity contribution in [3.63, 3.8) is 0 Å². The normalized spacial score (nSPS) is 15.0. The number of anilines is 1. The maximum absolute atomic E-state index is 12.7. The van der Waals surface area contributed by atoms with E-state index in [9.17, 15) is 4.79 Å². The van der Waals surface area contributed by atoms with E-state index in [1.54, 1.807) is 12.1 Å². The van der Waals surface area contributed by atoms with Crippen molar-refractivity contribution < 1.29 is 14.3 Å². The minimum absolute atomic E-state index is 0.205. The molecule has 1 amide bonds. The lowest BCUT2D eigenvalue weighted by Gasteiger charge is -2.19. The Hall–Kier alpha value is -2.24. The molecule has 1 heterocycles. The van der Waals surface area contributed by atoms with Crippen molar-refractivity contribution >= 4 is 23.2 Å². The van der Waals surface area contributed by atoms with Crippen LogP contribution in [0.5, 0.6) is 11.5 Å². The summed E-state index contributed by atoms with van der Waals surface area (Å²) in [6.07, 6.45) is 5.20. The molecule has 1 aliphatic heterocycles. The molecule has 0 saturated carbocycles. The second-order valence-electron chi connectivity index (χ2n) is 7.03. The molecule has 1 aliphatic rings. The van der Waals surface area contributed by atoms with Crippen LogP contribution in [0.4, 0.5) is 5.69 Å². The summed E-state index contributed by atoms with van der Waals surface area (Å²) in [5.74, 6) is 0.756. The van der Waals surface area contributed by atoms with Gasteiger partial charge in [-0.3, -0.25) is 9.69 Å². The van der Waals surface area contributed by atoms with Crippen LogP contribution in [0.3, 0.4) is 0 Å². The Bertz CT molecular complexity index is 800. The molecule has 0 atom stereocenters. The molecule has 2 aromatic rings. The number of halogens is 1. The number of nitrogens with one attached hydrogen (secondary N) is 1. The van der Waals surface area contributed by atoms with Gasteiger partial charge in [0.15, 0.2) is 0 Å². The molecule has 1 fully saturated rings. The SMILES string of the molecule is COc1cc(NC(=O)c2ccc(CN3CCCCCC3)cc2)c(OC)cc1Cl. The summed E-state index contributed by atoms with van der Waals surface area (Å²) in [4.78, 5) is 15.2. The predicted molar refractivity (Wildman–Crippen MR) is 113 cm³/mol. The Morgan fingerprint density at radius 3 is 2.25 bits per heavy atom. The minimum Gasteiger partial charge on any atom is -0.495 e. The average Bonchev–Trinajstić information content (AvgIpc) is 2.98. The number of carbonyl (C=O) groups is 1. The number of methoxy groups -OCH3 is 2. The van der Waals surface area contributed by atoms with E-state index in [0.717, 1.165) is 19.6 Å². The average molecular weight is 403 g/mol. The lowest BCUT2D eigenvalue weighted by Crippen LogP contribution is -2.24. The van der Waals surface area contributed by atoms with E-state index in [-0.39, 0.29) is 5.91 Å². The number of benzene rings is 2. The van der Waals surface area contributed by atoms with Crippen LogP contribution >= 0.6 is 11.6 Å². The summed E-state index contributed by atoms with van der Waals surface area (Å²) >= 11 is 6.12. The molecule has 0 aromatic heterocycles. The van der Waals surface area contributed by atoms with E-state index >= 15 is 0 Å². The van der Waals surface area contributed by atoms with Crippen molar-refractivity contribution in [2.24, 2.45) is 0 Å². The molecule has 2 aromatic carbocycles. The maximum atomic E-state index is 12.7. The predicted octanol–water partition coefficient (Wildman–Crippen LogP) is 4.99. The zero-order chi connectivity index (χ0) is 19.9. The van der Waals surface area contributed by atoms with E-state index in [2.05, 4.69) is 10.2 Å². The van der Waals surface area contributed by atoms with Gasteiger partial charge in [-0.25, -0.2) is 0 Å². The zero-order valence-corrected chi connectivity index (χ0v) is 17.2. The number of nitrogens with zero attached hydrogens (tertiary/aromatic N) is 1. The Morgan fingerprint density at radius 2 is 1.64 bits per heavy atom. The molecule has 150 valence electrons. The highest BCUT2D eigenvalue weighted by Gasteiger charge is 2.14. The van der Waals surface area contributed by atoms with Crippen LogP contribution in [0.25, 0.3) is 0 Å². The summed E-state index contributed by atoms with van der Waals surface area (Å²) < 4.78 is 10.5. The summed E-state index contributed by atoms with van der Waals surface area (Å²) in [5.41, 5.74) is 2.34. The smallest absolute Gasteiger partial charge is 0.255 e. The van der Waals surface area contributed by atoms with E-state index in [4.69, 9.17) is 21.1 Å². The van der Waals surface area contributed by atoms with Crippen molar-refractivity contribution in [2.75, 3.05) is 32.6 Å². The molecular formula is C22H27ClN2O3. The molecule has 1 saturated heterocycles. The standard InChI is InChI=1S/C22H27ClN2O3/c1-27-20-14-19(21(28-2)13-18(20)23)24-22(26)17-9-7-16(8-10-17)15-25-11-5-3-4-6-12-25/h7-10,13-14H,3-6,11-12,15H2,1-2H3,(H,24,26). The monoisotopic (exact) mass is 402 g/mol. The fourth-order valence-electron chi connectivity index (χ4n) is 3.47. The molecule has 0 unspecified atom stereocenters. The first-order chi connectivity index (χ1) is 13.6. The van der Waals surface area contributed by atoms with E-state index in [1.165, 1.54) is 45.5 Å². The van der Waals surface area contributed by atoms with Crippen LogP contribution in [0, 0.1) is 0 Å². The molecule has 1 N–H and O–H groups in total. The van der Waals surface area contributed by atoms with Gasteiger partial charge in [-0.15, -0.1) is 0 Å². The second-order valence-corrected chi connectivity index (χ2v) is 7.44. The number of ether oxygens (including phenoxy) is 2. The topological polar surface area (TPSA) is 50.8 Å². The summed E-state index contributed by atoms with van der Waals surface area (Å²) in [5, 5.41) is 3.30. The first-order valence-corrected chi connectivity index (χ1v) is 10.0. The molecule has 28 heavy (non-hydrogen) atoms. The molecule has 6 heteroatoms. The minimum atomic E-state index is -0.205. The highest BCUT2D eigenvalue weighted by Crippen LogP contribution is 2.36. The highest BCUT2D eigenvalue weighted by atomic mass is 35.5. The molecule has 5 nitrogen and oxygen atoms in total. The molecule has 0 aliphatic carbocycles. The lowest BCUT2D eigenvalue weighted by atomic mass is 10.1. The van der Waals surface area contributed by atoms with Gasteiger partial charge in [0.05, 0.1) is 24.9 Å². The number of hydrogen-bond acceptors (Lipinski definition) is 4. The van der Waals surface area contributed by atoms with Gasteiger partial charge in [-0.1, -0.05) is 36.6 Å². The van der Waals surface area contributed by atoms with E-state index in [1.807, 2.05) is 24.3 Å². The van der Waals surface area contributed by atoms with Crippen molar-refractivity contribution in [1.29, 1.82) is 0 Å². The third-order valence-corrected chi connectivity index (χ3v) is 5.34. The Labute approximate surface area is 171 Å². The van der Waals surface area contributed by atoms with Crippen LogP contribution in [-0.4, -0.2) is 38.1 Å². The molecule has 0 bridgehead atoms. The Balaban J connectivity index is 1.68. The third-order valence-electron chi connectivity index (χ3n) is 5.04. The highest BCUT2D eigenvalue weighted by molar-refractivity contribution is 6.32. The Morgan fingerprint density at radius 1 is 1.00 bits per heavy atom. The molecule has 3 rings (SSSR count). The van der Waals surface area contributed by atoms with Gasteiger partial charge >= 0.3 is 0 Å². The van der Waals surface area contributed by atoms with Crippen LogP contribution in [0.2, 0.25) is 5.02 Å². The van der Waals surface area contributed by atoms with E-state index < -0.39 is 0 Å². The molecule has 0 radical (unpaired) electrons. The first-order valence-electron chi connectivity index (χ1n) is 9.65. The van der Waals surface area contributed by atoms with Crippen molar-refractivity contribution in [3.05, 3.63) is 52.5 Å².